The van der Waals surface area contributed by atoms with Crippen molar-refractivity contribution in [1.82, 2.24) is 14.3 Å². The van der Waals surface area contributed by atoms with Crippen LogP contribution >= 0.6 is 11.8 Å². The zero-order valence-electron chi connectivity index (χ0n) is 18.4. The van der Waals surface area contributed by atoms with E-state index in [4.69, 9.17) is 0 Å². The molecule has 33 heavy (non-hydrogen) atoms. The highest BCUT2D eigenvalue weighted by Gasteiger charge is 2.26. The maximum absolute atomic E-state index is 12.6. The first-order valence-electron chi connectivity index (χ1n) is 10.9. The summed E-state index contributed by atoms with van der Waals surface area (Å²) in [6.07, 6.45) is 2.10. The van der Waals surface area contributed by atoms with Crippen molar-refractivity contribution in [1.29, 1.82) is 0 Å². The van der Waals surface area contributed by atoms with E-state index in [1.54, 1.807) is 24.3 Å². The third-order valence-corrected chi connectivity index (χ3v) is 8.13. The van der Waals surface area contributed by atoms with Gasteiger partial charge < -0.3 is 5.32 Å². The SMILES string of the molecule is Cc1nc(SCCC(=O)Nc2ccc(S(=O)(=O)N3CCCC3)cc2)cc(-c2ccccc2)n1. The third-order valence-electron chi connectivity index (χ3n) is 5.30. The summed E-state index contributed by atoms with van der Waals surface area (Å²) >= 11 is 1.51. The minimum absolute atomic E-state index is 0.133. The first-order valence-corrected chi connectivity index (χ1v) is 13.3. The lowest BCUT2D eigenvalue weighted by Gasteiger charge is -2.15. The molecule has 1 fully saturated rings. The minimum Gasteiger partial charge on any atom is -0.326 e. The van der Waals surface area contributed by atoms with Crippen molar-refractivity contribution in [2.75, 3.05) is 24.2 Å². The van der Waals surface area contributed by atoms with E-state index in [1.807, 2.05) is 43.3 Å². The first kappa shape index (κ1) is 23.4. The van der Waals surface area contributed by atoms with Gasteiger partial charge in [0.15, 0.2) is 0 Å². The second-order valence-corrected chi connectivity index (χ2v) is 10.8. The van der Waals surface area contributed by atoms with Crippen LogP contribution in [-0.4, -0.2) is 47.4 Å². The molecule has 1 aromatic heterocycles. The first-order chi connectivity index (χ1) is 15.9. The molecule has 0 atom stereocenters. The molecule has 172 valence electrons. The number of benzene rings is 2. The molecule has 1 aliphatic heterocycles. The summed E-state index contributed by atoms with van der Waals surface area (Å²) in [7, 11) is -3.45. The van der Waals surface area contributed by atoms with E-state index >= 15 is 0 Å². The normalized spacial score (nSPS) is 14.3. The highest BCUT2D eigenvalue weighted by molar-refractivity contribution is 7.99. The number of sulfonamides is 1. The number of hydrogen-bond acceptors (Lipinski definition) is 6. The van der Waals surface area contributed by atoms with Crippen molar-refractivity contribution in [2.24, 2.45) is 0 Å². The molecule has 0 unspecified atom stereocenters. The van der Waals surface area contributed by atoms with Crippen molar-refractivity contribution in [3.05, 3.63) is 66.5 Å². The van der Waals surface area contributed by atoms with Crippen molar-refractivity contribution in [3.8, 4) is 11.3 Å². The molecule has 0 bridgehead atoms. The van der Waals surface area contributed by atoms with Gasteiger partial charge in [-0.05, 0) is 50.1 Å². The number of carbonyl (C=O) groups is 1. The lowest BCUT2D eigenvalue weighted by Crippen LogP contribution is -2.27. The van der Waals surface area contributed by atoms with Gasteiger partial charge in [0.1, 0.15) is 10.9 Å². The summed E-state index contributed by atoms with van der Waals surface area (Å²) in [5.74, 6) is 1.12. The highest BCUT2D eigenvalue weighted by atomic mass is 32.2. The second kappa shape index (κ2) is 10.5. The van der Waals surface area contributed by atoms with Gasteiger partial charge >= 0.3 is 0 Å². The molecule has 2 heterocycles. The standard InChI is InChI=1S/C24H26N4O3S2/c1-18-25-22(19-7-3-2-4-8-19)17-24(26-18)32-16-13-23(29)27-20-9-11-21(12-10-20)33(30,31)28-14-5-6-15-28/h2-4,7-12,17H,5-6,13-16H2,1H3,(H,27,29). The smallest absolute Gasteiger partial charge is 0.243 e. The summed E-state index contributed by atoms with van der Waals surface area (Å²) < 4.78 is 26.7. The molecule has 0 saturated carbocycles. The number of aryl methyl sites for hydroxylation is 1. The summed E-state index contributed by atoms with van der Waals surface area (Å²) in [5, 5.41) is 3.66. The number of carbonyl (C=O) groups excluding carboxylic acids is 1. The number of aromatic nitrogens is 2. The number of anilines is 1. The molecule has 0 radical (unpaired) electrons. The van der Waals surface area contributed by atoms with Gasteiger partial charge in [-0.1, -0.05) is 30.3 Å². The number of hydrogen-bond donors (Lipinski definition) is 1. The van der Waals surface area contributed by atoms with Gasteiger partial charge in [0.05, 0.1) is 10.6 Å². The summed E-state index contributed by atoms with van der Waals surface area (Å²) in [6, 6.07) is 18.2. The number of thioether (sulfide) groups is 1. The second-order valence-electron chi connectivity index (χ2n) is 7.79. The maximum Gasteiger partial charge on any atom is 0.243 e. The van der Waals surface area contributed by atoms with Gasteiger partial charge in [-0.2, -0.15) is 4.31 Å². The minimum atomic E-state index is -3.45. The Bertz CT molecular complexity index is 1210. The quantitative estimate of drug-likeness (QED) is 0.379. The Morgan fingerprint density at radius 2 is 1.73 bits per heavy atom. The highest BCUT2D eigenvalue weighted by Crippen LogP contribution is 2.24. The van der Waals surface area contributed by atoms with Gasteiger partial charge in [0, 0.05) is 36.5 Å². The average molecular weight is 483 g/mol. The molecule has 4 rings (SSSR count). The lowest BCUT2D eigenvalue weighted by molar-refractivity contribution is -0.115. The topological polar surface area (TPSA) is 92.3 Å². The predicted octanol–water partition coefficient (Wildman–Crippen LogP) is 4.36. The lowest BCUT2D eigenvalue weighted by atomic mass is 10.1. The van der Waals surface area contributed by atoms with Crippen LogP contribution in [0, 0.1) is 6.92 Å². The molecule has 0 aliphatic carbocycles. The van der Waals surface area contributed by atoms with E-state index < -0.39 is 10.0 Å². The van der Waals surface area contributed by atoms with Gasteiger partial charge in [-0.15, -0.1) is 11.8 Å². The van der Waals surface area contributed by atoms with Crippen LogP contribution in [0.3, 0.4) is 0 Å². The van der Waals surface area contributed by atoms with E-state index in [0.29, 0.717) is 36.8 Å². The number of rotatable bonds is 8. The van der Waals surface area contributed by atoms with Crippen molar-refractivity contribution < 1.29 is 13.2 Å². The zero-order valence-corrected chi connectivity index (χ0v) is 20.0. The van der Waals surface area contributed by atoms with E-state index in [9.17, 15) is 13.2 Å². The van der Waals surface area contributed by atoms with Crippen molar-refractivity contribution >= 4 is 33.4 Å². The fraction of sp³-hybridized carbons (Fsp3) is 0.292. The van der Waals surface area contributed by atoms with Crippen LogP contribution < -0.4 is 5.32 Å². The zero-order chi connectivity index (χ0) is 23.3. The van der Waals surface area contributed by atoms with Crippen LogP contribution in [0.5, 0.6) is 0 Å². The Balaban J connectivity index is 1.31. The molecule has 1 aliphatic rings. The number of nitrogens with one attached hydrogen (secondary N) is 1. The Hall–Kier alpha value is -2.75. The molecule has 3 aromatic rings. The molecule has 7 nitrogen and oxygen atoms in total. The van der Waals surface area contributed by atoms with Crippen LogP contribution in [0.4, 0.5) is 5.69 Å². The van der Waals surface area contributed by atoms with Gasteiger partial charge in [0.2, 0.25) is 15.9 Å². The predicted molar refractivity (Wildman–Crippen MR) is 131 cm³/mol. The van der Waals surface area contributed by atoms with Crippen LogP contribution in [0.25, 0.3) is 11.3 Å². The molecular formula is C24H26N4O3S2. The largest absolute Gasteiger partial charge is 0.326 e. The molecule has 9 heteroatoms. The maximum atomic E-state index is 12.6. The number of amides is 1. The van der Waals surface area contributed by atoms with E-state index in [2.05, 4.69) is 15.3 Å². The summed E-state index contributed by atoms with van der Waals surface area (Å²) in [4.78, 5) is 21.6. The molecule has 0 spiro atoms. The molecule has 1 saturated heterocycles. The number of nitrogens with zero attached hydrogens (tertiary/aromatic N) is 3. The fourth-order valence-corrected chi connectivity index (χ4v) is 6.04. The monoisotopic (exact) mass is 482 g/mol. The summed E-state index contributed by atoms with van der Waals surface area (Å²) in [5.41, 5.74) is 2.46. The molecule has 1 amide bonds. The average Bonchev–Trinajstić information content (AvgIpc) is 3.36. The Labute approximate surface area is 198 Å². The van der Waals surface area contributed by atoms with Gasteiger partial charge in [-0.25, -0.2) is 18.4 Å². The summed E-state index contributed by atoms with van der Waals surface area (Å²) in [6.45, 7) is 2.99. The van der Waals surface area contributed by atoms with E-state index in [0.717, 1.165) is 29.1 Å². The van der Waals surface area contributed by atoms with Gasteiger partial charge in [0.25, 0.3) is 0 Å². The van der Waals surface area contributed by atoms with Crippen LogP contribution in [0.1, 0.15) is 25.1 Å². The van der Waals surface area contributed by atoms with Crippen LogP contribution in [0.15, 0.2) is 70.6 Å². The van der Waals surface area contributed by atoms with E-state index in [-0.39, 0.29) is 10.8 Å². The van der Waals surface area contributed by atoms with Gasteiger partial charge in [-0.3, -0.25) is 4.79 Å². The van der Waals surface area contributed by atoms with Crippen molar-refractivity contribution in [3.63, 3.8) is 0 Å². The fourth-order valence-electron chi connectivity index (χ4n) is 3.63. The van der Waals surface area contributed by atoms with Crippen molar-refractivity contribution in [2.45, 2.75) is 36.1 Å². The van der Waals surface area contributed by atoms with Crippen LogP contribution in [0.2, 0.25) is 0 Å². The Morgan fingerprint density at radius 3 is 2.42 bits per heavy atom. The Morgan fingerprint density at radius 1 is 1.03 bits per heavy atom. The molecular weight excluding hydrogens is 456 g/mol. The molecule has 1 N–H and O–H groups in total. The Kier molecular flexibility index (Phi) is 7.42. The van der Waals surface area contributed by atoms with Crippen LogP contribution in [-0.2, 0) is 14.8 Å². The van der Waals surface area contributed by atoms with E-state index in [1.165, 1.54) is 16.1 Å². The third kappa shape index (κ3) is 5.98. The molecule has 2 aromatic carbocycles.